The highest BCUT2D eigenvalue weighted by Gasteiger charge is 2.22. The Morgan fingerprint density at radius 3 is 2.40 bits per heavy atom. The number of nitrogens with one attached hydrogen (secondary N) is 1. The van der Waals surface area contributed by atoms with Crippen molar-refractivity contribution in [3.8, 4) is 0 Å². The first-order valence-corrected chi connectivity index (χ1v) is 11.3. The van der Waals surface area contributed by atoms with E-state index < -0.39 is 5.41 Å². The van der Waals surface area contributed by atoms with Gasteiger partial charge in [-0.05, 0) is 36.9 Å². The quantitative estimate of drug-likeness (QED) is 0.724. The third-order valence-electron chi connectivity index (χ3n) is 5.18. The lowest BCUT2D eigenvalue weighted by molar-refractivity contribution is -0.123. The third kappa shape index (κ3) is 5.86. The number of nitrogens with zero attached hydrogens (tertiary/aromatic N) is 2. The largest absolute Gasteiger partial charge is 0.336 e. The first-order valence-electron chi connectivity index (χ1n) is 10.3. The zero-order chi connectivity index (χ0) is 21.7. The molecule has 3 rings (SSSR count). The molecular formula is C24H31N3O2S. The average molecular weight is 426 g/mol. The highest BCUT2D eigenvalue weighted by molar-refractivity contribution is 7.98. The minimum absolute atomic E-state index is 0.00433. The van der Waals surface area contributed by atoms with Gasteiger partial charge < -0.3 is 15.1 Å². The van der Waals surface area contributed by atoms with E-state index in [0.717, 1.165) is 53.6 Å². The summed E-state index contributed by atoms with van der Waals surface area (Å²) < 4.78 is 0. The molecule has 0 saturated carbocycles. The Hall–Kier alpha value is -2.31. The van der Waals surface area contributed by atoms with E-state index in [0.29, 0.717) is 0 Å². The summed E-state index contributed by atoms with van der Waals surface area (Å²) >= 11 is 1.66. The molecular weight excluding hydrogens is 394 g/mol. The molecule has 0 spiro atoms. The van der Waals surface area contributed by atoms with Crippen molar-refractivity contribution in [2.24, 2.45) is 5.41 Å². The van der Waals surface area contributed by atoms with Crippen LogP contribution in [0.1, 0.15) is 36.7 Å². The van der Waals surface area contributed by atoms with E-state index in [2.05, 4.69) is 17.3 Å². The summed E-state index contributed by atoms with van der Waals surface area (Å²) in [6, 6.07) is 15.7. The molecule has 1 aliphatic heterocycles. The van der Waals surface area contributed by atoms with Crippen molar-refractivity contribution in [1.82, 2.24) is 9.80 Å². The van der Waals surface area contributed by atoms with Crippen molar-refractivity contribution in [3.63, 3.8) is 0 Å². The molecule has 0 aliphatic carbocycles. The monoisotopic (exact) mass is 425 g/mol. The van der Waals surface area contributed by atoms with Gasteiger partial charge in [-0.25, -0.2) is 0 Å². The number of hydrogen-bond donors (Lipinski definition) is 1. The summed E-state index contributed by atoms with van der Waals surface area (Å²) in [6.07, 6.45) is 0. The summed E-state index contributed by atoms with van der Waals surface area (Å²) in [4.78, 5) is 30.4. The summed E-state index contributed by atoms with van der Waals surface area (Å²) in [5.41, 5.74) is 2.21. The molecule has 1 heterocycles. The predicted octanol–water partition coefficient (Wildman–Crippen LogP) is 4.35. The van der Waals surface area contributed by atoms with Crippen LogP contribution in [0.4, 0.5) is 5.69 Å². The summed E-state index contributed by atoms with van der Waals surface area (Å²) in [5.74, 6) is 0.829. The molecule has 6 heteroatoms. The van der Waals surface area contributed by atoms with Crippen LogP contribution in [0.2, 0.25) is 0 Å². The van der Waals surface area contributed by atoms with E-state index in [1.165, 1.54) is 0 Å². The number of para-hydroxylation sites is 1. The van der Waals surface area contributed by atoms with Crippen molar-refractivity contribution in [2.75, 3.05) is 38.5 Å². The number of piperazine rings is 1. The molecule has 0 bridgehead atoms. The Morgan fingerprint density at radius 2 is 1.70 bits per heavy atom. The number of rotatable bonds is 5. The van der Waals surface area contributed by atoms with Gasteiger partial charge in [0.15, 0.2) is 0 Å². The van der Waals surface area contributed by atoms with Crippen molar-refractivity contribution in [3.05, 3.63) is 59.7 Å². The van der Waals surface area contributed by atoms with Crippen LogP contribution in [-0.4, -0.2) is 54.8 Å². The van der Waals surface area contributed by atoms with Crippen molar-refractivity contribution >= 4 is 29.3 Å². The molecule has 1 saturated heterocycles. The summed E-state index contributed by atoms with van der Waals surface area (Å²) in [6.45, 7) is 9.09. The fraction of sp³-hybridized carbons (Fsp3) is 0.417. The first kappa shape index (κ1) is 22.4. The van der Waals surface area contributed by atoms with Gasteiger partial charge in [0.1, 0.15) is 0 Å². The van der Waals surface area contributed by atoms with Gasteiger partial charge in [0.05, 0.1) is 5.69 Å². The van der Waals surface area contributed by atoms with E-state index in [1.54, 1.807) is 11.8 Å². The summed E-state index contributed by atoms with van der Waals surface area (Å²) in [7, 11) is 2.08. The van der Waals surface area contributed by atoms with Crippen LogP contribution in [0.25, 0.3) is 0 Å². The SMILES string of the molecule is CN1CCN(C(=O)c2cccc(CSc3ccccc3NC(=O)C(C)(C)C)c2)CC1. The van der Waals surface area contributed by atoms with E-state index in [9.17, 15) is 9.59 Å². The topological polar surface area (TPSA) is 52.6 Å². The number of amides is 2. The van der Waals surface area contributed by atoms with Crippen LogP contribution in [0.15, 0.2) is 53.4 Å². The lowest BCUT2D eigenvalue weighted by atomic mass is 9.95. The summed E-state index contributed by atoms with van der Waals surface area (Å²) in [5, 5.41) is 3.04. The van der Waals surface area contributed by atoms with Crippen molar-refractivity contribution in [2.45, 2.75) is 31.4 Å². The maximum atomic E-state index is 12.9. The second-order valence-electron chi connectivity index (χ2n) is 8.78. The van der Waals surface area contributed by atoms with Gasteiger partial charge in [-0.15, -0.1) is 11.8 Å². The third-order valence-corrected chi connectivity index (χ3v) is 6.32. The molecule has 30 heavy (non-hydrogen) atoms. The Bertz CT molecular complexity index is 899. The van der Waals surface area contributed by atoms with Gasteiger partial charge in [-0.1, -0.05) is 45.0 Å². The lowest BCUT2D eigenvalue weighted by Gasteiger charge is -2.32. The molecule has 1 N–H and O–H groups in total. The van der Waals surface area contributed by atoms with Crippen molar-refractivity contribution < 1.29 is 9.59 Å². The van der Waals surface area contributed by atoms with Crippen LogP contribution < -0.4 is 5.32 Å². The van der Waals surface area contributed by atoms with Gasteiger partial charge in [0, 0.05) is 47.8 Å². The Labute approximate surface area is 183 Å². The molecule has 0 unspecified atom stereocenters. The van der Waals surface area contributed by atoms with Gasteiger partial charge >= 0.3 is 0 Å². The number of carbonyl (C=O) groups is 2. The zero-order valence-electron chi connectivity index (χ0n) is 18.3. The van der Waals surface area contributed by atoms with Gasteiger partial charge in [0.25, 0.3) is 5.91 Å². The van der Waals surface area contributed by atoms with Gasteiger partial charge in [-0.2, -0.15) is 0 Å². The normalized spacial score (nSPS) is 15.1. The van der Waals surface area contributed by atoms with E-state index >= 15 is 0 Å². The lowest BCUT2D eigenvalue weighted by Crippen LogP contribution is -2.47. The average Bonchev–Trinajstić information content (AvgIpc) is 2.72. The fourth-order valence-corrected chi connectivity index (χ4v) is 4.10. The van der Waals surface area contributed by atoms with Crippen LogP contribution in [0, 0.1) is 5.41 Å². The fourth-order valence-electron chi connectivity index (χ4n) is 3.15. The maximum Gasteiger partial charge on any atom is 0.253 e. The van der Waals surface area contributed by atoms with Crippen LogP contribution in [0.5, 0.6) is 0 Å². The molecule has 1 aliphatic rings. The second kappa shape index (κ2) is 9.67. The minimum Gasteiger partial charge on any atom is -0.336 e. The minimum atomic E-state index is -0.449. The number of benzene rings is 2. The highest BCUT2D eigenvalue weighted by atomic mass is 32.2. The maximum absolute atomic E-state index is 12.9. The van der Waals surface area contributed by atoms with E-state index in [4.69, 9.17) is 0 Å². The van der Waals surface area contributed by atoms with E-state index in [1.807, 2.05) is 74.2 Å². The van der Waals surface area contributed by atoms with Crippen LogP contribution in [0.3, 0.4) is 0 Å². The molecule has 2 amide bonds. The second-order valence-corrected chi connectivity index (χ2v) is 9.80. The van der Waals surface area contributed by atoms with Gasteiger partial charge in [0.2, 0.25) is 5.91 Å². The standard InChI is InChI=1S/C24H31N3O2S/c1-24(2,3)23(29)25-20-10-5-6-11-21(20)30-17-18-8-7-9-19(16-18)22(28)27-14-12-26(4)13-15-27/h5-11,16H,12-15,17H2,1-4H3,(H,25,29). The predicted molar refractivity (Wildman–Crippen MR) is 124 cm³/mol. The number of anilines is 1. The number of thioether (sulfide) groups is 1. The highest BCUT2D eigenvalue weighted by Crippen LogP contribution is 2.31. The molecule has 5 nitrogen and oxygen atoms in total. The molecule has 0 atom stereocenters. The number of carbonyl (C=O) groups excluding carboxylic acids is 2. The van der Waals surface area contributed by atoms with Crippen molar-refractivity contribution in [1.29, 1.82) is 0 Å². The molecule has 0 aromatic heterocycles. The Morgan fingerprint density at radius 1 is 1.00 bits per heavy atom. The zero-order valence-corrected chi connectivity index (χ0v) is 19.1. The first-order chi connectivity index (χ1) is 14.2. The Balaban J connectivity index is 1.66. The molecule has 160 valence electrons. The Kier molecular flexibility index (Phi) is 7.21. The number of hydrogen-bond acceptors (Lipinski definition) is 4. The van der Waals surface area contributed by atoms with Crippen LogP contribution >= 0.6 is 11.8 Å². The van der Waals surface area contributed by atoms with Gasteiger partial charge in [-0.3, -0.25) is 9.59 Å². The number of likely N-dealkylation sites (N-methyl/N-ethyl adjacent to an activating group) is 1. The van der Waals surface area contributed by atoms with Crippen LogP contribution in [-0.2, 0) is 10.5 Å². The molecule has 1 fully saturated rings. The molecule has 2 aromatic rings. The molecule has 0 radical (unpaired) electrons. The smallest absolute Gasteiger partial charge is 0.253 e. The van der Waals surface area contributed by atoms with E-state index in [-0.39, 0.29) is 11.8 Å². The molecule has 2 aromatic carbocycles.